The Morgan fingerprint density at radius 1 is 0.880 bits per heavy atom. The smallest absolute Gasteiger partial charge is 0.328 e. The van der Waals surface area contributed by atoms with Crippen LogP contribution in [0.5, 0.6) is 0 Å². The first-order chi connectivity index (χ1) is 11.6. The SMILES string of the molecule is NC(CO)C(=O)NC(CC(=O)O)C(=O)NCC(=O)NC(CO)C(=O)O. The third kappa shape index (κ3) is 8.59. The van der Waals surface area contributed by atoms with Crippen LogP contribution >= 0.6 is 0 Å². The predicted molar refractivity (Wildman–Crippen MR) is 78.9 cm³/mol. The van der Waals surface area contributed by atoms with Crippen molar-refractivity contribution < 1.29 is 44.4 Å². The molecule has 0 fully saturated rings. The highest BCUT2D eigenvalue weighted by Crippen LogP contribution is 1.94. The maximum Gasteiger partial charge on any atom is 0.328 e. The Balaban J connectivity index is 4.71. The summed E-state index contributed by atoms with van der Waals surface area (Å²) in [5.41, 5.74) is 5.23. The van der Waals surface area contributed by atoms with Crippen molar-refractivity contribution in [1.82, 2.24) is 16.0 Å². The normalized spacial score (nSPS) is 13.9. The maximum atomic E-state index is 11.9. The van der Waals surface area contributed by atoms with Gasteiger partial charge in [-0.25, -0.2) is 4.79 Å². The molecule has 3 amide bonds. The van der Waals surface area contributed by atoms with Gasteiger partial charge in [-0.2, -0.15) is 0 Å². The molecule has 0 aromatic rings. The zero-order chi connectivity index (χ0) is 19.6. The molecule has 0 aliphatic rings. The van der Waals surface area contributed by atoms with Crippen LogP contribution in [0.25, 0.3) is 0 Å². The summed E-state index contributed by atoms with van der Waals surface area (Å²) in [6, 6.07) is -4.50. The van der Waals surface area contributed by atoms with Crippen LogP contribution in [0, 0.1) is 0 Å². The molecular formula is C12H20N4O9. The number of aliphatic hydroxyl groups excluding tert-OH is 2. The minimum atomic E-state index is -1.57. The molecule has 0 saturated carbocycles. The molecule has 0 rings (SSSR count). The number of aliphatic hydroxyl groups is 2. The van der Waals surface area contributed by atoms with Crippen LogP contribution in [0.15, 0.2) is 0 Å². The quantitative estimate of drug-likeness (QED) is 0.174. The second kappa shape index (κ2) is 10.9. The van der Waals surface area contributed by atoms with E-state index in [9.17, 15) is 24.0 Å². The first-order valence-electron chi connectivity index (χ1n) is 6.91. The lowest BCUT2D eigenvalue weighted by Gasteiger charge is -2.19. The monoisotopic (exact) mass is 364 g/mol. The lowest BCUT2D eigenvalue weighted by atomic mass is 10.1. The Morgan fingerprint density at radius 3 is 1.92 bits per heavy atom. The molecule has 13 heteroatoms. The molecule has 0 aromatic carbocycles. The van der Waals surface area contributed by atoms with E-state index in [1.165, 1.54) is 0 Å². The van der Waals surface area contributed by atoms with E-state index in [1.54, 1.807) is 0 Å². The molecule has 0 aliphatic carbocycles. The van der Waals surface area contributed by atoms with Gasteiger partial charge in [0, 0.05) is 0 Å². The van der Waals surface area contributed by atoms with Gasteiger partial charge in [0.15, 0.2) is 0 Å². The van der Waals surface area contributed by atoms with Crippen molar-refractivity contribution in [2.45, 2.75) is 24.5 Å². The lowest BCUT2D eigenvalue weighted by molar-refractivity contribution is -0.143. The summed E-state index contributed by atoms with van der Waals surface area (Å²) in [4.78, 5) is 56.3. The Bertz CT molecular complexity index is 525. The minimum absolute atomic E-state index is 0.722. The van der Waals surface area contributed by atoms with Crippen LogP contribution in [0.2, 0.25) is 0 Å². The predicted octanol–water partition coefficient (Wildman–Crippen LogP) is -5.06. The van der Waals surface area contributed by atoms with Gasteiger partial charge in [0.2, 0.25) is 17.7 Å². The van der Waals surface area contributed by atoms with E-state index in [2.05, 4.69) is 0 Å². The third-order valence-corrected chi connectivity index (χ3v) is 2.78. The Labute approximate surface area is 141 Å². The number of carboxylic acids is 2. The summed E-state index contributed by atoms with van der Waals surface area (Å²) < 4.78 is 0. The van der Waals surface area contributed by atoms with Crippen molar-refractivity contribution in [3.63, 3.8) is 0 Å². The average molecular weight is 364 g/mol. The lowest BCUT2D eigenvalue weighted by Crippen LogP contribution is -2.54. The molecule has 9 N–H and O–H groups in total. The van der Waals surface area contributed by atoms with E-state index in [0.29, 0.717) is 0 Å². The number of carbonyl (C=O) groups excluding carboxylic acids is 3. The Hall–Kier alpha value is -2.77. The number of amides is 3. The van der Waals surface area contributed by atoms with Crippen LogP contribution in [0.1, 0.15) is 6.42 Å². The zero-order valence-electron chi connectivity index (χ0n) is 13.0. The van der Waals surface area contributed by atoms with Crippen LogP contribution in [0.4, 0.5) is 0 Å². The van der Waals surface area contributed by atoms with E-state index in [0.717, 1.165) is 0 Å². The molecule has 142 valence electrons. The highest BCUT2D eigenvalue weighted by Gasteiger charge is 2.26. The minimum Gasteiger partial charge on any atom is -0.481 e. The number of carbonyl (C=O) groups is 5. The number of aliphatic carboxylic acids is 2. The molecule has 3 unspecified atom stereocenters. The number of carboxylic acid groups (broad SMARTS) is 2. The Morgan fingerprint density at radius 2 is 1.48 bits per heavy atom. The third-order valence-electron chi connectivity index (χ3n) is 2.78. The fraction of sp³-hybridized carbons (Fsp3) is 0.583. The summed E-state index contributed by atoms with van der Waals surface area (Å²) in [7, 11) is 0. The number of nitrogens with two attached hydrogens (primary N) is 1. The molecule has 25 heavy (non-hydrogen) atoms. The van der Waals surface area contributed by atoms with Gasteiger partial charge in [0.1, 0.15) is 18.1 Å². The van der Waals surface area contributed by atoms with Gasteiger partial charge >= 0.3 is 11.9 Å². The number of rotatable bonds is 11. The summed E-state index contributed by atoms with van der Waals surface area (Å²) in [6.07, 6.45) is -0.814. The fourth-order valence-electron chi connectivity index (χ4n) is 1.47. The zero-order valence-corrected chi connectivity index (χ0v) is 13.0. The van der Waals surface area contributed by atoms with E-state index >= 15 is 0 Å². The van der Waals surface area contributed by atoms with Gasteiger partial charge in [-0.3, -0.25) is 19.2 Å². The molecule has 0 aromatic heterocycles. The van der Waals surface area contributed by atoms with Crippen molar-refractivity contribution in [2.75, 3.05) is 19.8 Å². The van der Waals surface area contributed by atoms with Gasteiger partial charge in [-0.15, -0.1) is 0 Å². The number of hydrogen-bond acceptors (Lipinski definition) is 8. The molecule has 13 nitrogen and oxygen atoms in total. The first-order valence-corrected chi connectivity index (χ1v) is 6.91. The van der Waals surface area contributed by atoms with Gasteiger partial charge < -0.3 is 42.1 Å². The Kier molecular flexibility index (Phi) is 9.69. The number of nitrogens with one attached hydrogen (secondary N) is 3. The summed E-state index contributed by atoms with van der Waals surface area (Å²) >= 11 is 0. The van der Waals surface area contributed by atoms with E-state index in [4.69, 9.17) is 26.2 Å². The van der Waals surface area contributed by atoms with Gasteiger partial charge in [-0.05, 0) is 0 Å². The molecule has 0 spiro atoms. The summed E-state index contributed by atoms with van der Waals surface area (Å²) in [6.45, 7) is -2.32. The molecule has 0 aliphatic heterocycles. The largest absolute Gasteiger partial charge is 0.481 e. The molecule has 0 radical (unpaired) electrons. The van der Waals surface area contributed by atoms with Gasteiger partial charge in [0.05, 0.1) is 26.2 Å². The maximum absolute atomic E-state index is 11.9. The van der Waals surface area contributed by atoms with Crippen LogP contribution in [0.3, 0.4) is 0 Å². The average Bonchev–Trinajstić information content (AvgIpc) is 2.55. The molecular weight excluding hydrogens is 344 g/mol. The first kappa shape index (κ1) is 22.2. The van der Waals surface area contributed by atoms with Gasteiger partial charge in [0.25, 0.3) is 0 Å². The molecule has 0 bridgehead atoms. The second-order valence-corrected chi connectivity index (χ2v) is 4.81. The topological polar surface area (TPSA) is 228 Å². The van der Waals surface area contributed by atoms with E-state index < -0.39 is 74.0 Å². The van der Waals surface area contributed by atoms with Crippen LogP contribution in [-0.2, 0) is 24.0 Å². The molecule has 3 atom stereocenters. The molecule has 0 heterocycles. The summed E-state index contributed by atoms with van der Waals surface area (Å²) in [5.74, 6) is -5.88. The molecule has 0 saturated heterocycles. The van der Waals surface area contributed by atoms with Gasteiger partial charge in [-0.1, -0.05) is 0 Å². The van der Waals surface area contributed by atoms with Crippen molar-refractivity contribution >= 4 is 29.7 Å². The second-order valence-electron chi connectivity index (χ2n) is 4.81. The van der Waals surface area contributed by atoms with Crippen molar-refractivity contribution in [1.29, 1.82) is 0 Å². The van der Waals surface area contributed by atoms with Crippen LogP contribution < -0.4 is 21.7 Å². The number of hydrogen-bond donors (Lipinski definition) is 8. The highest BCUT2D eigenvalue weighted by atomic mass is 16.4. The van der Waals surface area contributed by atoms with Crippen molar-refractivity contribution in [3.05, 3.63) is 0 Å². The van der Waals surface area contributed by atoms with Crippen molar-refractivity contribution in [3.8, 4) is 0 Å². The fourth-order valence-corrected chi connectivity index (χ4v) is 1.47. The van der Waals surface area contributed by atoms with E-state index in [-0.39, 0.29) is 0 Å². The highest BCUT2D eigenvalue weighted by molar-refractivity contribution is 5.94. The standard InChI is InChI=1S/C12H20N4O9/c13-5(3-17)10(22)16-6(1-9(20)21)11(23)14-2-8(19)15-7(4-18)12(24)25/h5-7,17-18H,1-4,13H2,(H,14,23)(H,15,19)(H,16,22)(H,20,21)(H,24,25). The van der Waals surface area contributed by atoms with Crippen molar-refractivity contribution in [2.24, 2.45) is 5.73 Å². The summed E-state index contributed by atoms with van der Waals surface area (Å²) in [5, 5.41) is 40.8. The van der Waals surface area contributed by atoms with E-state index in [1.807, 2.05) is 16.0 Å². The van der Waals surface area contributed by atoms with Crippen LogP contribution in [-0.4, -0.2) is 88.0 Å².